The van der Waals surface area contributed by atoms with Crippen molar-refractivity contribution in [3.05, 3.63) is 89.3 Å². The van der Waals surface area contributed by atoms with Gasteiger partial charge in [0.15, 0.2) is 11.6 Å². The molecule has 0 fully saturated rings. The average molecular weight is 487 g/mol. The van der Waals surface area contributed by atoms with E-state index in [0.717, 1.165) is 24.1 Å². The summed E-state index contributed by atoms with van der Waals surface area (Å²) >= 11 is 0.814. The highest BCUT2D eigenvalue weighted by molar-refractivity contribution is 7.99. The standard InChI is InChI=1S/C23H17F4N5OS/c1-12-10-18(32-34-11-14-15(24)5-2-6-16(14)25)19(26)20(27)21(12)33-22-13(4-3-8-29-22)17-7-9-30-23(28)31-17/h2-10,32H,11H2,1H3,(H2,28,30,31). The van der Waals surface area contributed by atoms with E-state index in [1.807, 2.05) is 0 Å². The van der Waals surface area contributed by atoms with Crippen LogP contribution >= 0.6 is 11.9 Å². The van der Waals surface area contributed by atoms with Crippen molar-refractivity contribution in [2.24, 2.45) is 0 Å². The van der Waals surface area contributed by atoms with Gasteiger partial charge in [-0.1, -0.05) is 6.07 Å². The van der Waals surface area contributed by atoms with Gasteiger partial charge in [0, 0.05) is 23.7 Å². The molecule has 0 aliphatic carbocycles. The number of nitrogens with two attached hydrogens (primary N) is 1. The van der Waals surface area contributed by atoms with E-state index in [4.69, 9.17) is 10.5 Å². The molecule has 0 aliphatic heterocycles. The Morgan fingerprint density at radius 3 is 2.47 bits per heavy atom. The molecule has 4 rings (SSSR count). The van der Waals surface area contributed by atoms with Crippen LogP contribution in [0.1, 0.15) is 11.1 Å². The molecule has 0 atom stereocenters. The Balaban J connectivity index is 1.57. The van der Waals surface area contributed by atoms with E-state index >= 15 is 0 Å². The first-order valence-electron chi connectivity index (χ1n) is 9.86. The van der Waals surface area contributed by atoms with Gasteiger partial charge in [0.05, 0.1) is 16.9 Å². The van der Waals surface area contributed by atoms with Gasteiger partial charge in [0.25, 0.3) is 0 Å². The minimum absolute atomic E-state index is 0.00730. The lowest BCUT2D eigenvalue weighted by Crippen LogP contribution is -2.03. The highest BCUT2D eigenvalue weighted by Crippen LogP contribution is 2.37. The highest BCUT2D eigenvalue weighted by Gasteiger charge is 2.21. The van der Waals surface area contributed by atoms with Crippen LogP contribution in [0.3, 0.4) is 0 Å². The van der Waals surface area contributed by atoms with Gasteiger partial charge in [-0.2, -0.15) is 4.39 Å². The summed E-state index contributed by atoms with van der Waals surface area (Å²) in [5, 5.41) is 0. The maximum atomic E-state index is 14.9. The Morgan fingerprint density at radius 2 is 1.74 bits per heavy atom. The van der Waals surface area contributed by atoms with E-state index in [2.05, 4.69) is 19.7 Å². The second-order valence-corrected chi connectivity index (χ2v) is 7.83. The summed E-state index contributed by atoms with van der Waals surface area (Å²) in [6.07, 6.45) is 2.88. The Morgan fingerprint density at radius 1 is 0.971 bits per heavy atom. The van der Waals surface area contributed by atoms with Crippen molar-refractivity contribution in [3.8, 4) is 22.9 Å². The molecule has 2 aromatic heterocycles. The summed E-state index contributed by atoms with van der Waals surface area (Å²) in [5.74, 6) is -4.40. The van der Waals surface area contributed by atoms with Gasteiger partial charge in [-0.15, -0.1) is 0 Å². The first-order chi connectivity index (χ1) is 16.3. The number of ether oxygens (including phenoxy) is 1. The molecule has 2 heterocycles. The summed E-state index contributed by atoms with van der Waals surface area (Å²) in [7, 11) is 0. The number of nitrogens with zero attached hydrogens (tertiary/aromatic N) is 3. The van der Waals surface area contributed by atoms with Crippen LogP contribution in [0.25, 0.3) is 11.3 Å². The first-order valence-corrected chi connectivity index (χ1v) is 10.8. The van der Waals surface area contributed by atoms with Crippen LogP contribution in [-0.4, -0.2) is 15.0 Å². The number of anilines is 2. The van der Waals surface area contributed by atoms with E-state index in [0.29, 0.717) is 11.3 Å². The number of halogens is 4. The Bertz CT molecular complexity index is 1330. The number of hydrogen-bond donors (Lipinski definition) is 2. The molecule has 34 heavy (non-hydrogen) atoms. The Labute approximate surface area is 196 Å². The fourth-order valence-electron chi connectivity index (χ4n) is 3.08. The van der Waals surface area contributed by atoms with Crippen molar-refractivity contribution in [1.82, 2.24) is 15.0 Å². The average Bonchev–Trinajstić information content (AvgIpc) is 2.82. The lowest BCUT2D eigenvalue weighted by atomic mass is 10.1. The van der Waals surface area contributed by atoms with Crippen LogP contribution < -0.4 is 15.2 Å². The van der Waals surface area contributed by atoms with Gasteiger partial charge in [0.2, 0.25) is 17.6 Å². The van der Waals surface area contributed by atoms with Crippen molar-refractivity contribution < 1.29 is 22.3 Å². The lowest BCUT2D eigenvalue weighted by molar-refractivity contribution is 0.404. The Hall–Kier alpha value is -3.86. The summed E-state index contributed by atoms with van der Waals surface area (Å²) in [6, 6.07) is 9.66. The van der Waals surface area contributed by atoms with Gasteiger partial charge in [0.1, 0.15) is 11.6 Å². The van der Waals surface area contributed by atoms with Crippen LogP contribution in [0.2, 0.25) is 0 Å². The number of benzene rings is 2. The van der Waals surface area contributed by atoms with Gasteiger partial charge >= 0.3 is 0 Å². The van der Waals surface area contributed by atoms with Gasteiger partial charge in [-0.05, 0) is 60.8 Å². The van der Waals surface area contributed by atoms with E-state index < -0.39 is 23.3 Å². The van der Waals surface area contributed by atoms with Crippen molar-refractivity contribution in [1.29, 1.82) is 0 Å². The molecule has 174 valence electrons. The summed E-state index contributed by atoms with van der Waals surface area (Å²) in [6.45, 7) is 1.52. The van der Waals surface area contributed by atoms with Crippen LogP contribution in [0, 0.1) is 30.2 Å². The van der Waals surface area contributed by atoms with Gasteiger partial charge in [-0.3, -0.25) is 0 Å². The molecule has 11 heteroatoms. The lowest BCUT2D eigenvalue weighted by Gasteiger charge is -2.15. The van der Waals surface area contributed by atoms with Crippen LogP contribution in [0.15, 0.2) is 54.9 Å². The molecule has 0 unspecified atom stereocenters. The molecule has 0 radical (unpaired) electrons. The zero-order chi connectivity index (χ0) is 24.2. The number of nitrogens with one attached hydrogen (secondary N) is 1. The third kappa shape index (κ3) is 4.88. The zero-order valence-corrected chi connectivity index (χ0v) is 18.5. The van der Waals surface area contributed by atoms with E-state index in [1.54, 1.807) is 18.2 Å². The molecule has 0 aliphatic rings. The zero-order valence-electron chi connectivity index (χ0n) is 17.7. The smallest absolute Gasteiger partial charge is 0.228 e. The van der Waals surface area contributed by atoms with Gasteiger partial charge in [-0.25, -0.2) is 28.1 Å². The van der Waals surface area contributed by atoms with Gasteiger partial charge < -0.3 is 15.2 Å². The maximum Gasteiger partial charge on any atom is 0.228 e. The molecule has 0 amide bonds. The van der Waals surface area contributed by atoms with E-state index in [-0.39, 0.29) is 40.1 Å². The number of pyridine rings is 1. The van der Waals surface area contributed by atoms with Crippen molar-refractivity contribution in [2.45, 2.75) is 12.7 Å². The molecular weight excluding hydrogens is 470 g/mol. The monoisotopic (exact) mass is 487 g/mol. The predicted molar refractivity (Wildman–Crippen MR) is 122 cm³/mol. The van der Waals surface area contributed by atoms with Crippen molar-refractivity contribution in [3.63, 3.8) is 0 Å². The minimum atomic E-state index is -1.25. The van der Waals surface area contributed by atoms with Crippen LogP contribution in [0.5, 0.6) is 11.6 Å². The summed E-state index contributed by atoms with van der Waals surface area (Å²) < 4.78 is 65.5. The second-order valence-electron chi connectivity index (χ2n) is 7.05. The molecule has 0 saturated heterocycles. The SMILES string of the molecule is Cc1cc(NSCc2c(F)cccc2F)c(F)c(F)c1Oc1ncccc1-c1ccnc(N)n1. The summed E-state index contributed by atoms with van der Waals surface area (Å²) in [5.41, 5.74) is 6.32. The van der Waals surface area contributed by atoms with Crippen LogP contribution in [-0.2, 0) is 5.75 Å². The molecule has 0 bridgehead atoms. The highest BCUT2D eigenvalue weighted by atomic mass is 32.2. The molecule has 6 nitrogen and oxygen atoms in total. The number of rotatable bonds is 7. The molecular formula is C23H17F4N5OS. The second kappa shape index (κ2) is 9.96. The van der Waals surface area contributed by atoms with E-state index in [9.17, 15) is 17.6 Å². The fraction of sp³-hybridized carbons (Fsp3) is 0.0870. The predicted octanol–water partition coefficient (Wildman–Crippen LogP) is 6.04. The molecule has 4 aromatic rings. The number of nitrogen functional groups attached to an aromatic ring is 1. The van der Waals surface area contributed by atoms with Crippen molar-refractivity contribution >= 4 is 23.6 Å². The Kier molecular flexibility index (Phi) is 6.82. The number of aryl methyl sites for hydroxylation is 1. The molecule has 3 N–H and O–H groups in total. The van der Waals surface area contributed by atoms with E-state index in [1.165, 1.54) is 31.5 Å². The largest absolute Gasteiger partial charge is 0.435 e. The number of aromatic nitrogens is 3. The fourth-order valence-corrected chi connectivity index (χ4v) is 3.88. The number of hydrogen-bond acceptors (Lipinski definition) is 7. The third-order valence-electron chi connectivity index (χ3n) is 4.73. The quantitative estimate of drug-likeness (QED) is 0.243. The summed E-state index contributed by atoms with van der Waals surface area (Å²) in [4.78, 5) is 12.0. The van der Waals surface area contributed by atoms with Crippen LogP contribution in [0.4, 0.5) is 29.2 Å². The minimum Gasteiger partial charge on any atom is -0.435 e. The maximum absolute atomic E-state index is 14.9. The molecule has 0 saturated carbocycles. The topological polar surface area (TPSA) is 86.0 Å². The third-order valence-corrected chi connectivity index (χ3v) is 5.53. The normalized spacial score (nSPS) is 10.9. The molecule has 0 spiro atoms. The first kappa shape index (κ1) is 23.3. The van der Waals surface area contributed by atoms with Crippen molar-refractivity contribution in [2.75, 3.05) is 10.5 Å². The molecule has 2 aromatic carbocycles.